The van der Waals surface area contributed by atoms with E-state index in [9.17, 15) is 19.1 Å². The highest BCUT2D eigenvalue weighted by atomic mass is 19.1. The molecule has 2 aromatic heterocycles. The second-order valence-corrected chi connectivity index (χ2v) is 6.09. The van der Waals surface area contributed by atoms with Crippen LogP contribution in [0, 0.1) is 5.82 Å². The fraction of sp³-hybridized carbons (Fsp3) is 0.438. The first-order chi connectivity index (χ1) is 11.9. The summed E-state index contributed by atoms with van der Waals surface area (Å²) in [4.78, 5) is 28.7. The Labute approximate surface area is 142 Å². The van der Waals surface area contributed by atoms with Crippen LogP contribution in [0.1, 0.15) is 6.42 Å². The van der Waals surface area contributed by atoms with Crippen LogP contribution in [0.25, 0.3) is 11.0 Å². The summed E-state index contributed by atoms with van der Waals surface area (Å²) < 4.78 is 14.9. The summed E-state index contributed by atoms with van der Waals surface area (Å²) in [7, 11) is 0. The zero-order valence-corrected chi connectivity index (χ0v) is 13.4. The van der Waals surface area contributed by atoms with E-state index < -0.39 is 24.1 Å². The number of likely N-dealkylation sites (tertiary alicyclic amines) is 1. The zero-order chi connectivity index (χ0) is 18.0. The lowest BCUT2D eigenvalue weighted by atomic mass is 10.0. The van der Waals surface area contributed by atoms with Crippen molar-refractivity contribution < 1.29 is 19.4 Å². The Morgan fingerprint density at radius 1 is 1.40 bits per heavy atom. The number of nitrogens with one attached hydrogen (secondary N) is 1. The highest BCUT2D eigenvalue weighted by molar-refractivity contribution is 5.74. The molecule has 25 heavy (non-hydrogen) atoms. The van der Waals surface area contributed by atoms with Crippen LogP contribution >= 0.6 is 0 Å². The quantitative estimate of drug-likeness (QED) is 0.729. The molecule has 134 valence electrons. The Balaban J connectivity index is 1.69. The van der Waals surface area contributed by atoms with Crippen molar-refractivity contribution in [3.8, 4) is 0 Å². The number of aromatic nitrogens is 2. The van der Waals surface area contributed by atoms with Crippen molar-refractivity contribution in [2.75, 3.05) is 19.6 Å². The van der Waals surface area contributed by atoms with E-state index in [-0.39, 0.29) is 5.56 Å². The predicted octanol–water partition coefficient (Wildman–Crippen LogP) is 0.238. The SMILES string of the molecule is O=C(O)N[C@@H]1CCN(CCn2c(=O)ccc3ncc(F)cc32)C[C@@H]1O. The lowest BCUT2D eigenvalue weighted by Crippen LogP contribution is -2.54. The fourth-order valence-corrected chi connectivity index (χ4v) is 3.14. The molecule has 3 rings (SSSR count). The second kappa shape index (κ2) is 7.16. The predicted molar refractivity (Wildman–Crippen MR) is 88.0 cm³/mol. The fourth-order valence-electron chi connectivity index (χ4n) is 3.14. The van der Waals surface area contributed by atoms with Gasteiger partial charge in [-0.2, -0.15) is 0 Å². The summed E-state index contributed by atoms with van der Waals surface area (Å²) in [5.41, 5.74) is 0.712. The number of aliphatic hydroxyl groups excluding tert-OH is 1. The minimum absolute atomic E-state index is 0.247. The number of amides is 1. The van der Waals surface area contributed by atoms with Crippen LogP contribution in [-0.4, -0.2) is 62.5 Å². The number of hydrogen-bond acceptors (Lipinski definition) is 5. The van der Waals surface area contributed by atoms with E-state index in [0.717, 1.165) is 6.20 Å². The summed E-state index contributed by atoms with van der Waals surface area (Å²) in [5, 5.41) is 21.1. The molecule has 2 aromatic rings. The van der Waals surface area contributed by atoms with Gasteiger partial charge >= 0.3 is 6.09 Å². The number of nitrogens with zero attached hydrogens (tertiary/aromatic N) is 3. The molecule has 3 heterocycles. The van der Waals surface area contributed by atoms with Gasteiger partial charge in [-0.05, 0) is 12.5 Å². The van der Waals surface area contributed by atoms with Gasteiger partial charge in [0.1, 0.15) is 5.82 Å². The number of fused-ring (bicyclic) bond motifs is 1. The molecule has 0 radical (unpaired) electrons. The van der Waals surface area contributed by atoms with Gasteiger partial charge in [0.15, 0.2) is 0 Å². The molecule has 0 unspecified atom stereocenters. The van der Waals surface area contributed by atoms with Crippen molar-refractivity contribution in [3.05, 3.63) is 40.6 Å². The van der Waals surface area contributed by atoms with Crippen LogP contribution in [0.2, 0.25) is 0 Å². The number of rotatable bonds is 4. The molecule has 3 N–H and O–H groups in total. The third-order valence-electron chi connectivity index (χ3n) is 4.42. The Hall–Kier alpha value is -2.52. The molecule has 8 nitrogen and oxygen atoms in total. The van der Waals surface area contributed by atoms with Crippen molar-refractivity contribution in [1.29, 1.82) is 0 Å². The first-order valence-electron chi connectivity index (χ1n) is 7.99. The Bertz CT molecular complexity index is 840. The van der Waals surface area contributed by atoms with Crippen molar-refractivity contribution >= 4 is 17.1 Å². The Morgan fingerprint density at radius 3 is 2.92 bits per heavy atom. The van der Waals surface area contributed by atoms with Gasteiger partial charge in [-0.25, -0.2) is 9.18 Å². The summed E-state index contributed by atoms with van der Waals surface area (Å²) in [6.07, 6.45) is -0.385. The number of β-amino-alcohol motifs (C(OH)–C–C–N with tert-alkyl or cyclic N) is 1. The van der Waals surface area contributed by atoms with E-state index in [0.29, 0.717) is 43.6 Å². The normalized spacial score (nSPS) is 21.4. The number of aliphatic hydroxyl groups is 1. The van der Waals surface area contributed by atoms with Crippen LogP contribution < -0.4 is 10.9 Å². The standard InChI is InChI=1S/C16H19FN4O4/c17-10-7-13-11(18-8-10)1-2-15(23)21(13)6-5-20-4-3-12(14(22)9-20)19-16(24)25/h1-2,7-8,12,14,19,22H,3-6,9H2,(H,24,25)/t12-,14+/m1/s1. The molecule has 1 amide bonds. The van der Waals surface area contributed by atoms with E-state index in [4.69, 9.17) is 5.11 Å². The summed E-state index contributed by atoms with van der Waals surface area (Å²) in [5.74, 6) is -0.511. The van der Waals surface area contributed by atoms with Gasteiger partial charge in [-0.1, -0.05) is 0 Å². The highest BCUT2D eigenvalue weighted by Crippen LogP contribution is 2.13. The average molecular weight is 350 g/mol. The number of halogens is 1. The number of hydrogen-bond donors (Lipinski definition) is 3. The second-order valence-electron chi connectivity index (χ2n) is 6.09. The molecule has 0 saturated carbocycles. The van der Waals surface area contributed by atoms with Gasteiger partial charge in [0.25, 0.3) is 5.56 Å². The molecular weight excluding hydrogens is 331 g/mol. The van der Waals surface area contributed by atoms with Gasteiger partial charge < -0.3 is 20.1 Å². The van der Waals surface area contributed by atoms with E-state index in [1.807, 2.05) is 4.90 Å². The van der Waals surface area contributed by atoms with Crippen LogP contribution in [0.5, 0.6) is 0 Å². The van der Waals surface area contributed by atoms with E-state index in [1.54, 1.807) is 6.07 Å². The lowest BCUT2D eigenvalue weighted by Gasteiger charge is -2.35. The van der Waals surface area contributed by atoms with Gasteiger partial charge in [0.05, 0.1) is 29.4 Å². The van der Waals surface area contributed by atoms with Crippen LogP contribution in [0.15, 0.2) is 29.2 Å². The first kappa shape index (κ1) is 17.3. The molecule has 1 fully saturated rings. The smallest absolute Gasteiger partial charge is 0.404 e. The van der Waals surface area contributed by atoms with E-state index in [2.05, 4.69) is 10.3 Å². The Kier molecular flexibility index (Phi) is 4.95. The van der Waals surface area contributed by atoms with Gasteiger partial charge in [0, 0.05) is 38.3 Å². The molecule has 9 heteroatoms. The van der Waals surface area contributed by atoms with Crippen molar-refractivity contribution in [1.82, 2.24) is 19.8 Å². The number of pyridine rings is 2. The molecule has 0 aliphatic carbocycles. The van der Waals surface area contributed by atoms with Gasteiger partial charge in [-0.3, -0.25) is 14.7 Å². The molecule has 2 atom stereocenters. The summed E-state index contributed by atoms with van der Waals surface area (Å²) in [6.45, 7) is 1.70. The third-order valence-corrected chi connectivity index (χ3v) is 4.42. The van der Waals surface area contributed by atoms with Gasteiger partial charge in [0.2, 0.25) is 0 Å². The first-order valence-corrected chi connectivity index (χ1v) is 7.99. The van der Waals surface area contributed by atoms with Crippen LogP contribution in [0.3, 0.4) is 0 Å². The molecule has 1 saturated heterocycles. The van der Waals surface area contributed by atoms with Crippen molar-refractivity contribution in [3.63, 3.8) is 0 Å². The minimum Gasteiger partial charge on any atom is -0.465 e. The van der Waals surface area contributed by atoms with E-state index >= 15 is 0 Å². The average Bonchev–Trinajstić information content (AvgIpc) is 2.56. The molecule has 1 aliphatic rings. The number of carboxylic acid groups (broad SMARTS) is 1. The maximum atomic E-state index is 13.5. The molecule has 0 aromatic carbocycles. The molecular formula is C16H19FN4O4. The van der Waals surface area contributed by atoms with Crippen LogP contribution in [0.4, 0.5) is 9.18 Å². The molecule has 0 bridgehead atoms. The lowest BCUT2D eigenvalue weighted by molar-refractivity contribution is 0.0394. The van der Waals surface area contributed by atoms with Crippen molar-refractivity contribution in [2.45, 2.75) is 25.1 Å². The van der Waals surface area contributed by atoms with E-state index in [1.165, 1.54) is 16.7 Å². The van der Waals surface area contributed by atoms with Crippen molar-refractivity contribution in [2.24, 2.45) is 0 Å². The number of carbonyl (C=O) groups is 1. The summed E-state index contributed by atoms with van der Waals surface area (Å²) >= 11 is 0. The van der Waals surface area contributed by atoms with Gasteiger partial charge in [-0.15, -0.1) is 0 Å². The minimum atomic E-state index is -1.16. The monoisotopic (exact) mass is 350 g/mol. The number of piperidine rings is 1. The summed E-state index contributed by atoms with van der Waals surface area (Å²) in [6, 6.07) is 3.74. The Morgan fingerprint density at radius 2 is 2.20 bits per heavy atom. The zero-order valence-electron chi connectivity index (χ0n) is 13.4. The maximum Gasteiger partial charge on any atom is 0.404 e. The maximum absolute atomic E-state index is 13.5. The topological polar surface area (TPSA) is 108 Å². The molecule has 1 aliphatic heterocycles. The van der Waals surface area contributed by atoms with Crippen LogP contribution in [-0.2, 0) is 6.54 Å². The largest absolute Gasteiger partial charge is 0.465 e. The third kappa shape index (κ3) is 3.94. The molecule has 0 spiro atoms. The highest BCUT2D eigenvalue weighted by Gasteiger charge is 2.28.